The number of rotatable bonds is 5. The van der Waals surface area contributed by atoms with E-state index in [1.807, 2.05) is 0 Å². The van der Waals surface area contributed by atoms with E-state index < -0.39 is 12.4 Å². The molecule has 0 aromatic heterocycles. The Bertz CT molecular complexity index is 582. The van der Waals surface area contributed by atoms with Gasteiger partial charge in [0.2, 0.25) is 0 Å². The lowest BCUT2D eigenvalue weighted by Crippen LogP contribution is -2.37. The van der Waals surface area contributed by atoms with Crippen molar-refractivity contribution in [1.82, 2.24) is 0 Å². The van der Waals surface area contributed by atoms with Gasteiger partial charge in [0.15, 0.2) is 6.29 Å². The van der Waals surface area contributed by atoms with Crippen molar-refractivity contribution in [1.29, 1.82) is 0 Å². The lowest BCUT2D eigenvalue weighted by molar-refractivity contribution is -0.187. The summed E-state index contributed by atoms with van der Waals surface area (Å²) in [5.74, 6) is 5.70. The number of allylic oxidation sites excluding steroid dienone is 2. The highest BCUT2D eigenvalue weighted by Gasteiger charge is 2.36. The molecule has 0 unspecified atom stereocenters. The Morgan fingerprint density at radius 2 is 1.00 bits per heavy atom. The SMILES string of the molecule is C/C=C/C1CCC(C2CCC(C3CCC(C4COC(C=C(F)F)OC4)CC3)CC2)CC1. The predicted molar refractivity (Wildman–Crippen MR) is 121 cm³/mol. The Morgan fingerprint density at radius 1 is 0.613 bits per heavy atom. The highest BCUT2D eigenvalue weighted by molar-refractivity contribution is 4.92. The standard InChI is InChI=1S/C27H42F2O2/c1-2-3-19-4-6-20(7-5-19)21-8-10-22(11-9-21)23-12-14-24(15-13-23)25-17-30-27(31-18-25)16-26(28)29/h2-3,16,19-25,27H,4-15,17-18H2,1H3/b3-2+. The molecule has 1 saturated heterocycles. The lowest BCUT2D eigenvalue weighted by Gasteiger charge is -2.42. The molecule has 0 N–H and O–H groups in total. The normalized spacial score (nSPS) is 42.4. The molecule has 0 aromatic rings. The summed E-state index contributed by atoms with van der Waals surface area (Å²) in [6.07, 6.45) is 19.6. The zero-order valence-electron chi connectivity index (χ0n) is 19.3. The van der Waals surface area contributed by atoms with Crippen molar-refractivity contribution in [2.45, 2.75) is 90.3 Å². The number of halogens is 2. The minimum atomic E-state index is -1.72. The van der Waals surface area contributed by atoms with E-state index in [2.05, 4.69) is 19.1 Å². The Hall–Kier alpha value is -0.740. The summed E-state index contributed by atoms with van der Waals surface area (Å²) in [4.78, 5) is 0. The van der Waals surface area contributed by atoms with Crippen molar-refractivity contribution in [2.24, 2.45) is 41.4 Å². The number of hydrogen-bond donors (Lipinski definition) is 0. The second kappa shape index (κ2) is 11.4. The molecule has 4 aliphatic rings. The number of hydrogen-bond acceptors (Lipinski definition) is 2. The summed E-state index contributed by atoms with van der Waals surface area (Å²) in [7, 11) is 0. The summed E-state index contributed by atoms with van der Waals surface area (Å²) >= 11 is 0. The van der Waals surface area contributed by atoms with Gasteiger partial charge in [0.25, 0.3) is 6.08 Å². The topological polar surface area (TPSA) is 18.5 Å². The molecule has 176 valence electrons. The van der Waals surface area contributed by atoms with Gasteiger partial charge in [0.1, 0.15) is 0 Å². The minimum Gasteiger partial charge on any atom is -0.348 e. The lowest BCUT2D eigenvalue weighted by atomic mass is 9.64. The van der Waals surface area contributed by atoms with Crippen LogP contribution in [0.4, 0.5) is 8.78 Å². The molecule has 4 rings (SSSR count). The van der Waals surface area contributed by atoms with Gasteiger partial charge >= 0.3 is 0 Å². The molecular weight excluding hydrogens is 394 g/mol. The maximum absolute atomic E-state index is 12.4. The van der Waals surface area contributed by atoms with E-state index in [4.69, 9.17) is 9.47 Å². The monoisotopic (exact) mass is 436 g/mol. The van der Waals surface area contributed by atoms with E-state index in [0.29, 0.717) is 25.0 Å². The highest BCUT2D eigenvalue weighted by Crippen LogP contribution is 2.47. The molecule has 4 fully saturated rings. The molecule has 31 heavy (non-hydrogen) atoms. The molecule has 0 amide bonds. The average Bonchev–Trinajstić information content (AvgIpc) is 2.80. The fourth-order valence-corrected chi connectivity index (χ4v) is 7.26. The first-order valence-electron chi connectivity index (χ1n) is 13.0. The summed E-state index contributed by atoms with van der Waals surface area (Å²) in [6.45, 7) is 3.28. The van der Waals surface area contributed by atoms with Crippen LogP contribution in [-0.2, 0) is 9.47 Å². The van der Waals surface area contributed by atoms with Crippen LogP contribution in [0.25, 0.3) is 0 Å². The van der Waals surface area contributed by atoms with Crippen molar-refractivity contribution in [3.05, 3.63) is 24.3 Å². The van der Waals surface area contributed by atoms with Gasteiger partial charge < -0.3 is 9.47 Å². The molecule has 0 spiro atoms. The van der Waals surface area contributed by atoms with Crippen LogP contribution >= 0.6 is 0 Å². The van der Waals surface area contributed by atoms with Crippen LogP contribution < -0.4 is 0 Å². The first-order chi connectivity index (χ1) is 15.1. The molecule has 0 radical (unpaired) electrons. The molecule has 1 aliphatic heterocycles. The van der Waals surface area contributed by atoms with Gasteiger partial charge in [-0.3, -0.25) is 0 Å². The molecule has 1 heterocycles. The first-order valence-corrected chi connectivity index (χ1v) is 13.0. The zero-order valence-corrected chi connectivity index (χ0v) is 19.3. The van der Waals surface area contributed by atoms with Gasteiger partial charge in [0, 0.05) is 12.0 Å². The second-order valence-corrected chi connectivity index (χ2v) is 10.8. The number of ether oxygens (including phenoxy) is 2. The Balaban J connectivity index is 1.15. The maximum Gasteiger partial charge on any atom is 0.271 e. The Kier molecular flexibility index (Phi) is 8.62. The molecule has 4 heteroatoms. The molecule has 0 aromatic carbocycles. The molecular formula is C27H42F2O2. The van der Waals surface area contributed by atoms with Crippen molar-refractivity contribution >= 4 is 0 Å². The molecule has 0 bridgehead atoms. The molecule has 3 aliphatic carbocycles. The van der Waals surface area contributed by atoms with E-state index >= 15 is 0 Å². The van der Waals surface area contributed by atoms with Crippen LogP contribution in [-0.4, -0.2) is 19.5 Å². The van der Waals surface area contributed by atoms with Gasteiger partial charge in [-0.15, -0.1) is 0 Å². The fourth-order valence-electron chi connectivity index (χ4n) is 7.26. The van der Waals surface area contributed by atoms with Crippen LogP contribution in [0, 0.1) is 41.4 Å². The average molecular weight is 437 g/mol. The molecule has 2 nitrogen and oxygen atoms in total. The van der Waals surface area contributed by atoms with Crippen molar-refractivity contribution in [3.63, 3.8) is 0 Å². The molecule has 0 atom stereocenters. The van der Waals surface area contributed by atoms with E-state index in [0.717, 1.165) is 35.7 Å². The maximum atomic E-state index is 12.4. The van der Waals surface area contributed by atoms with Crippen molar-refractivity contribution in [3.8, 4) is 0 Å². The third kappa shape index (κ3) is 6.41. The van der Waals surface area contributed by atoms with Gasteiger partial charge in [-0.05, 0) is 119 Å². The summed E-state index contributed by atoms with van der Waals surface area (Å²) in [6, 6.07) is 0. The minimum absolute atomic E-state index is 0.377. The molecule has 3 saturated carbocycles. The summed E-state index contributed by atoms with van der Waals surface area (Å²) in [5.41, 5.74) is 0. The summed E-state index contributed by atoms with van der Waals surface area (Å²) in [5, 5.41) is 0. The third-order valence-electron chi connectivity index (χ3n) is 9.13. The van der Waals surface area contributed by atoms with E-state index in [9.17, 15) is 8.78 Å². The summed E-state index contributed by atoms with van der Waals surface area (Å²) < 4.78 is 35.7. The van der Waals surface area contributed by atoms with Crippen LogP contribution in [0.2, 0.25) is 0 Å². The van der Waals surface area contributed by atoms with Crippen LogP contribution in [0.1, 0.15) is 84.0 Å². The van der Waals surface area contributed by atoms with Crippen molar-refractivity contribution < 1.29 is 18.3 Å². The quantitative estimate of drug-likeness (QED) is 0.410. The third-order valence-corrected chi connectivity index (χ3v) is 9.13. The highest BCUT2D eigenvalue weighted by atomic mass is 19.3. The second-order valence-electron chi connectivity index (χ2n) is 10.8. The first kappa shape index (κ1) is 23.4. The van der Waals surface area contributed by atoms with Crippen molar-refractivity contribution in [2.75, 3.05) is 13.2 Å². The van der Waals surface area contributed by atoms with Crippen LogP contribution in [0.5, 0.6) is 0 Å². The van der Waals surface area contributed by atoms with E-state index in [1.165, 1.54) is 77.0 Å². The smallest absolute Gasteiger partial charge is 0.271 e. The van der Waals surface area contributed by atoms with E-state index in [-0.39, 0.29) is 0 Å². The Morgan fingerprint density at radius 3 is 1.39 bits per heavy atom. The van der Waals surface area contributed by atoms with Gasteiger partial charge in [-0.25, -0.2) is 0 Å². The van der Waals surface area contributed by atoms with Crippen LogP contribution in [0.15, 0.2) is 24.3 Å². The van der Waals surface area contributed by atoms with Gasteiger partial charge in [-0.1, -0.05) is 12.2 Å². The van der Waals surface area contributed by atoms with Gasteiger partial charge in [-0.2, -0.15) is 8.78 Å². The fraction of sp³-hybridized carbons (Fsp3) is 0.852. The largest absolute Gasteiger partial charge is 0.348 e. The zero-order chi connectivity index (χ0) is 21.6. The van der Waals surface area contributed by atoms with Gasteiger partial charge in [0.05, 0.1) is 13.2 Å². The predicted octanol–water partition coefficient (Wildman–Crippen LogP) is 7.75. The van der Waals surface area contributed by atoms with E-state index in [1.54, 1.807) is 0 Å². The Labute approximate surface area is 187 Å². The van der Waals surface area contributed by atoms with Crippen LogP contribution in [0.3, 0.4) is 0 Å².